The Morgan fingerprint density at radius 1 is 0.875 bits per heavy atom. The van der Waals surface area contributed by atoms with E-state index in [0.717, 1.165) is 0 Å². The van der Waals surface area contributed by atoms with Gasteiger partial charge >= 0.3 is 24.5 Å². The number of nitrogens with two attached hydrogens (primary N) is 1. The van der Waals surface area contributed by atoms with Crippen LogP contribution in [0.4, 0.5) is 39.5 Å². The molecule has 4 nitrogen and oxygen atoms in total. The van der Waals surface area contributed by atoms with Crippen LogP contribution in [0.5, 0.6) is 0 Å². The lowest BCUT2D eigenvalue weighted by Crippen LogP contribution is -2.23. The van der Waals surface area contributed by atoms with E-state index in [1.807, 2.05) is 0 Å². The van der Waals surface area contributed by atoms with Gasteiger partial charge in [0.2, 0.25) is 5.91 Å². The normalized spacial score (nSPS) is 12.2. The SMILES string of the molecule is NC(=O)c1cccc(C(F)(F)F)c1C(F)(F)F.O=C(O)C(F)(F)F. The van der Waals surface area contributed by atoms with Crippen molar-refractivity contribution in [2.24, 2.45) is 5.73 Å². The molecule has 0 aliphatic carbocycles. The van der Waals surface area contributed by atoms with E-state index in [0.29, 0.717) is 12.1 Å². The zero-order valence-corrected chi connectivity index (χ0v) is 11.0. The third-order valence-corrected chi connectivity index (χ3v) is 2.16. The molecule has 0 unspecified atom stereocenters. The molecule has 3 N–H and O–H groups in total. The molecule has 0 aliphatic heterocycles. The first kappa shape index (κ1) is 21.5. The molecule has 0 aromatic heterocycles. The number of amides is 1. The van der Waals surface area contributed by atoms with Gasteiger partial charge in [-0.3, -0.25) is 4.79 Å². The van der Waals surface area contributed by atoms with Crippen LogP contribution in [-0.4, -0.2) is 23.2 Å². The van der Waals surface area contributed by atoms with Crippen molar-refractivity contribution in [1.82, 2.24) is 0 Å². The Morgan fingerprint density at radius 3 is 1.54 bits per heavy atom. The van der Waals surface area contributed by atoms with Gasteiger partial charge in [-0.05, 0) is 12.1 Å². The topological polar surface area (TPSA) is 80.4 Å². The molecule has 13 heteroatoms. The molecule has 0 saturated heterocycles. The zero-order chi connectivity index (χ0) is 19.5. The van der Waals surface area contributed by atoms with Gasteiger partial charge in [-0.1, -0.05) is 6.07 Å². The lowest BCUT2D eigenvalue weighted by Gasteiger charge is -2.17. The number of halogens is 9. The summed E-state index contributed by atoms with van der Waals surface area (Å²) in [6.45, 7) is 0. The average molecular weight is 371 g/mol. The minimum absolute atomic E-state index is 0.245. The van der Waals surface area contributed by atoms with Crippen molar-refractivity contribution in [2.75, 3.05) is 0 Å². The predicted octanol–water partition coefficient (Wildman–Crippen LogP) is 3.46. The van der Waals surface area contributed by atoms with E-state index in [4.69, 9.17) is 9.90 Å². The number of benzene rings is 1. The molecule has 1 aromatic rings. The summed E-state index contributed by atoms with van der Waals surface area (Å²) in [4.78, 5) is 19.6. The van der Waals surface area contributed by atoms with E-state index in [9.17, 15) is 44.3 Å². The molecule has 1 rings (SSSR count). The number of carbonyl (C=O) groups is 2. The molecule has 0 atom stereocenters. The number of carboxylic acids is 1. The van der Waals surface area contributed by atoms with Crippen molar-refractivity contribution in [3.63, 3.8) is 0 Å². The van der Waals surface area contributed by atoms with E-state index >= 15 is 0 Å². The predicted molar refractivity (Wildman–Crippen MR) is 58.7 cm³/mol. The first-order chi connectivity index (χ1) is 10.5. The second-order valence-electron chi connectivity index (χ2n) is 3.89. The Morgan fingerprint density at radius 2 is 1.29 bits per heavy atom. The van der Waals surface area contributed by atoms with Gasteiger partial charge in [-0.2, -0.15) is 39.5 Å². The van der Waals surface area contributed by atoms with E-state index in [1.54, 1.807) is 0 Å². The summed E-state index contributed by atoms with van der Waals surface area (Å²) in [5.41, 5.74) is -0.569. The van der Waals surface area contributed by atoms with Crippen molar-refractivity contribution in [3.8, 4) is 0 Å². The Hall–Kier alpha value is -2.47. The molecule has 24 heavy (non-hydrogen) atoms. The molecule has 1 aromatic carbocycles. The number of hydrogen-bond donors (Lipinski definition) is 2. The van der Waals surface area contributed by atoms with Crippen molar-refractivity contribution in [1.29, 1.82) is 0 Å². The number of carboxylic acid groups (broad SMARTS) is 1. The van der Waals surface area contributed by atoms with Crippen molar-refractivity contribution in [3.05, 3.63) is 34.9 Å². The van der Waals surface area contributed by atoms with Crippen LogP contribution in [0, 0.1) is 0 Å². The quantitative estimate of drug-likeness (QED) is 0.742. The van der Waals surface area contributed by atoms with Crippen LogP contribution in [0.25, 0.3) is 0 Å². The third kappa shape index (κ3) is 5.96. The van der Waals surface area contributed by atoms with Crippen molar-refractivity contribution >= 4 is 11.9 Å². The van der Waals surface area contributed by atoms with Crippen LogP contribution >= 0.6 is 0 Å². The Kier molecular flexibility index (Phi) is 6.25. The summed E-state index contributed by atoms with van der Waals surface area (Å²) in [5.74, 6) is -4.32. The maximum Gasteiger partial charge on any atom is 0.490 e. The average Bonchev–Trinajstić information content (AvgIpc) is 2.35. The molecular weight excluding hydrogens is 365 g/mol. The minimum atomic E-state index is -5.31. The summed E-state index contributed by atoms with van der Waals surface area (Å²) in [6.07, 6.45) is -15.6. The number of alkyl halides is 9. The molecule has 0 saturated carbocycles. The van der Waals surface area contributed by atoms with Crippen molar-refractivity contribution < 1.29 is 54.2 Å². The highest BCUT2D eigenvalue weighted by Crippen LogP contribution is 2.41. The molecular formula is C11H6F9NO3. The van der Waals surface area contributed by atoms with Crippen LogP contribution in [0.3, 0.4) is 0 Å². The van der Waals surface area contributed by atoms with Gasteiger partial charge < -0.3 is 10.8 Å². The molecule has 0 radical (unpaired) electrons. The zero-order valence-electron chi connectivity index (χ0n) is 11.0. The Bertz CT molecular complexity index is 617. The lowest BCUT2D eigenvalue weighted by atomic mass is 9.99. The van der Waals surface area contributed by atoms with E-state index in [-0.39, 0.29) is 6.07 Å². The molecule has 0 spiro atoms. The van der Waals surface area contributed by atoms with Crippen LogP contribution in [0.2, 0.25) is 0 Å². The van der Waals surface area contributed by atoms with E-state index < -0.39 is 47.1 Å². The van der Waals surface area contributed by atoms with Gasteiger partial charge in [0.25, 0.3) is 0 Å². The highest BCUT2D eigenvalue weighted by Gasteiger charge is 2.45. The number of primary amides is 1. The highest BCUT2D eigenvalue weighted by atomic mass is 19.4. The fourth-order valence-corrected chi connectivity index (χ4v) is 1.30. The summed E-state index contributed by atoms with van der Waals surface area (Å²) in [5, 5.41) is 7.12. The van der Waals surface area contributed by atoms with Gasteiger partial charge in [0.05, 0.1) is 16.7 Å². The molecule has 0 heterocycles. The molecule has 0 fully saturated rings. The number of aliphatic carboxylic acids is 1. The molecule has 136 valence electrons. The number of hydrogen-bond acceptors (Lipinski definition) is 2. The standard InChI is InChI=1S/C9H5F6NO.C2HF3O2/c10-8(11,12)5-3-1-2-4(7(16)17)6(5)9(13,14)15;3-2(4,5)1(6)7/h1-3H,(H2,16,17);(H,6,7). The molecule has 0 bridgehead atoms. The van der Waals surface area contributed by atoms with Gasteiger partial charge in [0.1, 0.15) is 0 Å². The summed E-state index contributed by atoms with van der Waals surface area (Å²) in [7, 11) is 0. The second-order valence-corrected chi connectivity index (χ2v) is 3.89. The smallest absolute Gasteiger partial charge is 0.475 e. The Labute approximate surface area is 126 Å². The van der Waals surface area contributed by atoms with E-state index in [1.165, 1.54) is 0 Å². The number of carbonyl (C=O) groups excluding carboxylic acids is 1. The van der Waals surface area contributed by atoms with E-state index in [2.05, 4.69) is 5.73 Å². The summed E-state index contributed by atoms with van der Waals surface area (Å²) < 4.78 is 106. The van der Waals surface area contributed by atoms with Gasteiger partial charge in [-0.15, -0.1) is 0 Å². The maximum atomic E-state index is 12.5. The maximum absolute atomic E-state index is 12.5. The van der Waals surface area contributed by atoms with Crippen LogP contribution in [0.1, 0.15) is 21.5 Å². The van der Waals surface area contributed by atoms with Crippen LogP contribution in [0.15, 0.2) is 18.2 Å². The second kappa shape index (κ2) is 6.97. The third-order valence-electron chi connectivity index (χ3n) is 2.16. The minimum Gasteiger partial charge on any atom is -0.475 e. The summed E-state index contributed by atoms with van der Waals surface area (Å²) in [6, 6.07) is 1.54. The monoisotopic (exact) mass is 371 g/mol. The highest BCUT2D eigenvalue weighted by molar-refractivity contribution is 5.95. The fourth-order valence-electron chi connectivity index (χ4n) is 1.30. The van der Waals surface area contributed by atoms with Gasteiger partial charge in [0, 0.05) is 0 Å². The van der Waals surface area contributed by atoms with Crippen LogP contribution < -0.4 is 5.73 Å². The molecule has 1 amide bonds. The van der Waals surface area contributed by atoms with Gasteiger partial charge in [0.15, 0.2) is 0 Å². The lowest BCUT2D eigenvalue weighted by molar-refractivity contribution is -0.192. The van der Waals surface area contributed by atoms with Crippen LogP contribution in [-0.2, 0) is 17.1 Å². The van der Waals surface area contributed by atoms with Gasteiger partial charge in [-0.25, -0.2) is 4.79 Å². The first-order valence-corrected chi connectivity index (χ1v) is 5.37. The molecule has 0 aliphatic rings. The number of rotatable bonds is 1. The first-order valence-electron chi connectivity index (χ1n) is 5.37. The fraction of sp³-hybridized carbons (Fsp3) is 0.273. The summed E-state index contributed by atoms with van der Waals surface area (Å²) >= 11 is 0. The largest absolute Gasteiger partial charge is 0.490 e. The Balaban J connectivity index is 0.000000640. The van der Waals surface area contributed by atoms with Crippen molar-refractivity contribution in [2.45, 2.75) is 18.5 Å².